The van der Waals surface area contributed by atoms with Crippen molar-refractivity contribution >= 4 is 15.9 Å². The molecule has 3 aliphatic heterocycles. The van der Waals surface area contributed by atoms with E-state index in [2.05, 4.69) is 56.3 Å². The van der Waals surface area contributed by atoms with E-state index < -0.39 is 11.7 Å². The van der Waals surface area contributed by atoms with Crippen molar-refractivity contribution in [3.05, 3.63) is 23.8 Å². The number of hydrogen-bond donors (Lipinski definition) is 2. The average Bonchev–Trinajstić information content (AvgIpc) is 2.78. The molecular weight excluding hydrogens is 520 g/mol. The summed E-state index contributed by atoms with van der Waals surface area (Å²) in [6.45, 7) is 18.9. The molecule has 0 unspecified atom stereocenters. The summed E-state index contributed by atoms with van der Waals surface area (Å²) in [5.74, 6) is 0. The highest BCUT2D eigenvalue weighted by Crippen LogP contribution is 2.48. The topological polar surface area (TPSA) is 68.2 Å². The Morgan fingerprint density at radius 3 is 2.36 bits per heavy atom. The Labute approximate surface area is 228 Å². The van der Waals surface area contributed by atoms with Gasteiger partial charge in [0, 0.05) is 4.83 Å². The number of alkyl halides is 1. The maximum Gasteiger partial charge on any atom is 0.0924 e. The molecule has 3 aliphatic rings. The highest BCUT2D eigenvalue weighted by Gasteiger charge is 2.53. The first-order valence-corrected chi connectivity index (χ1v) is 14.9. The van der Waals surface area contributed by atoms with Crippen LogP contribution in [0.5, 0.6) is 0 Å². The molecule has 3 heterocycles. The van der Waals surface area contributed by atoms with E-state index in [0.29, 0.717) is 24.1 Å². The van der Waals surface area contributed by atoms with Gasteiger partial charge in [-0.2, -0.15) is 0 Å². The Hall–Kier alpha value is -0.240. The summed E-state index contributed by atoms with van der Waals surface area (Å²) < 4.78 is 20.0. The predicted molar refractivity (Wildman–Crippen MR) is 150 cm³/mol. The molecule has 0 saturated carbocycles. The zero-order valence-corrected chi connectivity index (χ0v) is 25.3. The number of fused-ring (bicyclic) bond motifs is 1. The molecular formula is C30H51BrO5. The number of rotatable bonds is 9. The number of halogens is 1. The van der Waals surface area contributed by atoms with Crippen molar-refractivity contribution < 1.29 is 24.4 Å². The first-order valence-electron chi connectivity index (χ1n) is 14.0. The van der Waals surface area contributed by atoms with E-state index in [4.69, 9.17) is 14.2 Å². The largest absolute Gasteiger partial charge is 0.390 e. The fourth-order valence-corrected chi connectivity index (χ4v) is 6.56. The van der Waals surface area contributed by atoms with Crippen LogP contribution in [0.25, 0.3) is 0 Å². The third kappa shape index (κ3) is 7.04. The van der Waals surface area contributed by atoms with Gasteiger partial charge in [-0.05, 0) is 118 Å². The van der Waals surface area contributed by atoms with Crippen LogP contribution in [-0.2, 0) is 14.2 Å². The van der Waals surface area contributed by atoms with Crippen LogP contribution in [0.15, 0.2) is 23.8 Å². The van der Waals surface area contributed by atoms with Gasteiger partial charge in [0.05, 0.1) is 46.8 Å². The van der Waals surface area contributed by atoms with Gasteiger partial charge in [0.15, 0.2) is 0 Å². The summed E-state index contributed by atoms with van der Waals surface area (Å²) in [6.07, 6.45) is 9.54. The van der Waals surface area contributed by atoms with Crippen LogP contribution in [-0.4, -0.2) is 61.9 Å². The summed E-state index contributed by atoms with van der Waals surface area (Å²) in [5.41, 5.74) is 0.283. The molecule has 0 aliphatic carbocycles. The average molecular weight is 572 g/mol. The number of aliphatic hydroxyl groups is 2. The molecule has 0 aromatic heterocycles. The Morgan fingerprint density at radius 2 is 1.72 bits per heavy atom. The Bertz CT molecular complexity index is 803. The number of aliphatic hydroxyl groups excluding tert-OH is 1. The van der Waals surface area contributed by atoms with Gasteiger partial charge >= 0.3 is 0 Å². The van der Waals surface area contributed by atoms with Crippen molar-refractivity contribution in [1.29, 1.82) is 0 Å². The molecule has 0 aromatic carbocycles. The third-order valence-corrected chi connectivity index (χ3v) is 10.5. The maximum absolute atomic E-state index is 10.7. The van der Waals surface area contributed by atoms with Gasteiger partial charge in [0.1, 0.15) is 0 Å². The second-order valence-corrected chi connectivity index (χ2v) is 14.2. The van der Waals surface area contributed by atoms with Crippen LogP contribution in [0, 0.1) is 0 Å². The predicted octanol–water partition coefficient (Wildman–Crippen LogP) is 6.78. The summed E-state index contributed by atoms with van der Waals surface area (Å²) in [5, 5.41) is 21.4. The number of allylic oxidation sites excluding steroid dienone is 2. The van der Waals surface area contributed by atoms with E-state index in [1.54, 1.807) is 6.92 Å². The summed E-state index contributed by atoms with van der Waals surface area (Å²) in [7, 11) is 0. The molecule has 6 heteroatoms. The molecule has 0 amide bonds. The summed E-state index contributed by atoms with van der Waals surface area (Å²) in [6, 6.07) is 0. The minimum atomic E-state index is -1.11. The van der Waals surface area contributed by atoms with Crippen LogP contribution < -0.4 is 0 Å². The summed E-state index contributed by atoms with van der Waals surface area (Å²) in [4.78, 5) is 0.358. The minimum absolute atomic E-state index is 0.0381. The summed E-state index contributed by atoms with van der Waals surface area (Å²) >= 11 is 3.79. The lowest BCUT2D eigenvalue weighted by atomic mass is 9.76. The normalized spacial score (nSPS) is 38.9. The van der Waals surface area contributed by atoms with Gasteiger partial charge in [0.2, 0.25) is 0 Å². The van der Waals surface area contributed by atoms with Crippen molar-refractivity contribution in [3.8, 4) is 0 Å². The van der Waals surface area contributed by atoms with Gasteiger partial charge in [-0.25, -0.2) is 0 Å². The van der Waals surface area contributed by atoms with Crippen LogP contribution in [0.3, 0.4) is 0 Å². The lowest BCUT2D eigenvalue weighted by molar-refractivity contribution is -0.285. The SMILES string of the molecule is C=C(CC[C@H](O)[C@](C)(O)CCC=C(C)C)[C@H]1CC[C@H]2O[C@@H]([C@]3(C)CC[C@@H](Br)C(C)(C)O3)CC[C@]2(C)O1. The van der Waals surface area contributed by atoms with Crippen molar-refractivity contribution in [2.45, 2.75) is 164 Å². The molecule has 0 spiro atoms. The highest BCUT2D eigenvalue weighted by atomic mass is 79.9. The van der Waals surface area contributed by atoms with E-state index in [9.17, 15) is 10.2 Å². The molecule has 208 valence electrons. The van der Waals surface area contributed by atoms with Crippen LogP contribution in [0.4, 0.5) is 0 Å². The molecule has 3 fully saturated rings. The molecule has 8 atom stereocenters. The highest BCUT2D eigenvalue weighted by molar-refractivity contribution is 9.09. The monoisotopic (exact) mass is 570 g/mol. The first kappa shape index (κ1) is 30.3. The van der Waals surface area contributed by atoms with E-state index in [1.807, 2.05) is 13.8 Å². The van der Waals surface area contributed by atoms with Crippen molar-refractivity contribution in [3.63, 3.8) is 0 Å². The molecule has 3 saturated heterocycles. The minimum Gasteiger partial charge on any atom is -0.390 e. The Balaban J connectivity index is 1.52. The molecule has 0 aromatic rings. The van der Waals surface area contributed by atoms with E-state index in [1.165, 1.54) is 5.57 Å². The zero-order valence-electron chi connectivity index (χ0n) is 23.7. The second kappa shape index (κ2) is 11.5. The lowest BCUT2D eigenvalue weighted by Gasteiger charge is -2.55. The Morgan fingerprint density at radius 1 is 1.08 bits per heavy atom. The molecule has 5 nitrogen and oxygen atoms in total. The van der Waals surface area contributed by atoms with E-state index in [-0.39, 0.29) is 35.1 Å². The maximum atomic E-state index is 10.7. The van der Waals surface area contributed by atoms with Crippen LogP contribution in [0.2, 0.25) is 0 Å². The van der Waals surface area contributed by atoms with Crippen molar-refractivity contribution in [1.82, 2.24) is 0 Å². The smallest absolute Gasteiger partial charge is 0.0924 e. The van der Waals surface area contributed by atoms with Crippen molar-refractivity contribution in [2.75, 3.05) is 0 Å². The molecule has 0 radical (unpaired) electrons. The molecule has 2 N–H and O–H groups in total. The lowest BCUT2D eigenvalue weighted by Crippen LogP contribution is -2.62. The van der Waals surface area contributed by atoms with Gasteiger partial charge in [0.25, 0.3) is 0 Å². The number of ether oxygens (including phenoxy) is 3. The first-order chi connectivity index (χ1) is 16.6. The zero-order chi connectivity index (χ0) is 26.9. The van der Waals surface area contributed by atoms with Gasteiger partial charge in [-0.1, -0.05) is 34.2 Å². The van der Waals surface area contributed by atoms with Gasteiger partial charge in [-0.15, -0.1) is 0 Å². The fraction of sp³-hybridized carbons (Fsp3) is 0.867. The fourth-order valence-electron chi connectivity index (χ4n) is 6.24. The van der Waals surface area contributed by atoms with Gasteiger partial charge in [-0.3, -0.25) is 0 Å². The second-order valence-electron chi connectivity index (χ2n) is 13.1. The van der Waals surface area contributed by atoms with Gasteiger partial charge < -0.3 is 24.4 Å². The van der Waals surface area contributed by atoms with Crippen LogP contribution in [0.1, 0.15) is 113 Å². The molecule has 3 rings (SSSR count). The molecule has 0 bridgehead atoms. The quantitative estimate of drug-likeness (QED) is 0.236. The molecule has 36 heavy (non-hydrogen) atoms. The van der Waals surface area contributed by atoms with E-state index in [0.717, 1.165) is 50.5 Å². The standard InChI is InChI=1S/C30H51BrO5/c1-20(2)10-9-17-28(6,33)24(32)13-11-21(3)22-12-14-25-29(7,35-22)19-16-26(34-25)30(8)18-15-23(31)27(4,5)36-30/h10,22-26,32-33H,3,9,11-19H2,1-2,4-8H3/t22-,23-,24+,25-,26-,28-,29+,30+/m1/s1. The van der Waals surface area contributed by atoms with Crippen molar-refractivity contribution in [2.24, 2.45) is 0 Å². The number of hydrogen-bond acceptors (Lipinski definition) is 5. The van der Waals surface area contributed by atoms with E-state index >= 15 is 0 Å². The Kier molecular flexibility index (Phi) is 9.66. The van der Waals surface area contributed by atoms with Crippen LogP contribution >= 0.6 is 15.9 Å². The third-order valence-electron chi connectivity index (χ3n) is 8.96.